The summed E-state index contributed by atoms with van der Waals surface area (Å²) in [5.41, 5.74) is 5.47. The second kappa shape index (κ2) is 5.01. The summed E-state index contributed by atoms with van der Waals surface area (Å²) in [5.74, 6) is 0.473. The minimum Gasteiger partial charge on any atom is -0.409 e. The van der Waals surface area contributed by atoms with Crippen molar-refractivity contribution >= 4 is 5.84 Å². The number of oxime groups is 1. The van der Waals surface area contributed by atoms with Gasteiger partial charge in [-0.05, 0) is 25.9 Å². The van der Waals surface area contributed by atoms with Crippen molar-refractivity contribution in [2.45, 2.75) is 12.8 Å². The second-order valence-corrected chi connectivity index (χ2v) is 3.33. The molecule has 1 heterocycles. The Morgan fingerprint density at radius 1 is 1.54 bits per heavy atom. The molecule has 1 aliphatic heterocycles. The molecule has 4 nitrogen and oxygen atoms in total. The molecule has 0 spiro atoms. The highest BCUT2D eigenvalue weighted by atomic mass is 19.1. The molecule has 1 rings (SSSR count). The van der Waals surface area contributed by atoms with Crippen molar-refractivity contribution in [3.05, 3.63) is 0 Å². The molecule has 0 radical (unpaired) electrons. The topological polar surface area (TPSA) is 61.9 Å². The van der Waals surface area contributed by atoms with Crippen molar-refractivity contribution in [2.24, 2.45) is 16.8 Å². The highest BCUT2D eigenvalue weighted by Gasteiger charge is 2.21. The molecular formula is C8H16FN3O. The van der Waals surface area contributed by atoms with Gasteiger partial charge >= 0.3 is 0 Å². The lowest BCUT2D eigenvalue weighted by molar-refractivity contribution is 0.192. The van der Waals surface area contributed by atoms with Gasteiger partial charge in [-0.3, -0.25) is 0 Å². The zero-order valence-corrected chi connectivity index (χ0v) is 7.62. The van der Waals surface area contributed by atoms with Crippen LogP contribution in [0, 0.1) is 5.92 Å². The number of likely N-dealkylation sites (tertiary alicyclic amines) is 1. The van der Waals surface area contributed by atoms with Crippen LogP contribution in [-0.2, 0) is 0 Å². The molecule has 13 heavy (non-hydrogen) atoms. The highest BCUT2D eigenvalue weighted by molar-refractivity contribution is 5.82. The monoisotopic (exact) mass is 189 g/mol. The molecule has 0 bridgehead atoms. The Balaban J connectivity index is 2.30. The van der Waals surface area contributed by atoms with Crippen LogP contribution in [0.2, 0.25) is 0 Å². The largest absolute Gasteiger partial charge is 0.409 e. The molecule has 0 saturated carbocycles. The van der Waals surface area contributed by atoms with Crippen LogP contribution in [-0.4, -0.2) is 42.3 Å². The number of halogens is 1. The molecule has 0 aromatic heterocycles. The zero-order chi connectivity index (χ0) is 9.68. The molecule has 0 aliphatic carbocycles. The molecule has 0 amide bonds. The fraction of sp³-hybridized carbons (Fsp3) is 0.875. The Morgan fingerprint density at radius 3 is 2.62 bits per heavy atom. The Bertz CT molecular complexity index is 178. The summed E-state index contributed by atoms with van der Waals surface area (Å²) < 4.78 is 12.0. The van der Waals surface area contributed by atoms with Gasteiger partial charge < -0.3 is 15.8 Å². The van der Waals surface area contributed by atoms with E-state index in [2.05, 4.69) is 10.1 Å². The van der Waals surface area contributed by atoms with E-state index in [0.29, 0.717) is 12.4 Å². The Labute approximate surface area is 77.2 Å². The normalized spacial score (nSPS) is 22.1. The molecule has 1 fully saturated rings. The predicted molar refractivity (Wildman–Crippen MR) is 48.5 cm³/mol. The summed E-state index contributed by atoms with van der Waals surface area (Å²) in [6.07, 6.45) is 1.71. The first kappa shape index (κ1) is 10.2. The quantitative estimate of drug-likeness (QED) is 0.292. The average molecular weight is 189 g/mol. The van der Waals surface area contributed by atoms with Gasteiger partial charge in [0, 0.05) is 12.5 Å². The van der Waals surface area contributed by atoms with Gasteiger partial charge in [0.25, 0.3) is 0 Å². The molecule has 1 saturated heterocycles. The summed E-state index contributed by atoms with van der Waals surface area (Å²) in [7, 11) is 0. The zero-order valence-electron chi connectivity index (χ0n) is 7.62. The molecule has 5 heteroatoms. The number of rotatable bonds is 3. The molecule has 0 aromatic carbocycles. The minimum atomic E-state index is -0.297. The standard InChI is InChI=1S/C8H16FN3O/c9-3-6-12-4-1-7(2-5-12)8(10)11-13/h7,13H,1-6H2,(H2,10,11). The fourth-order valence-corrected chi connectivity index (χ4v) is 1.65. The maximum atomic E-state index is 12.0. The van der Waals surface area contributed by atoms with Crippen LogP contribution in [0.4, 0.5) is 4.39 Å². The van der Waals surface area contributed by atoms with E-state index in [9.17, 15) is 4.39 Å². The van der Waals surface area contributed by atoms with Crippen molar-refractivity contribution in [1.82, 2.24) is 4.90 Å². The van der Waals surface area contributed by atoms with Gasteiger partial charge in [0.2, 0.25) is 0 Å². The van der Waals surface area contributed by atoms with Crippen molar-refractivity contribution in [1.29, 1.82) is 0 Å². The van der Waals surface area contributed by atoms with Crippen LogP contribution in [0.5, 0.6) is 0 Å². The number of piperidine rings is 1. The third-order valence-corrected chi connectivity index (χ3v) is 2.52. The van der Waals surface area contributed by atoms with Gasteiger partial charge in [-0.1, -0.05) is 5.16 Å². The number of hydrogen-bond donors (Lipinski definition) is 2. The number of hydrogen-bond acceptors (Lipinski definition) is 3. The molecular weight excluding hydrogens is 173 g/mol. The molecule has 0 aromatic rings. The van der Waals surface area contributed by atoms with E-state index in [4.69, 9.17) is 10.9 Å². The first-order valence-corrected chi connectivity index (χ1v) is 4.53. The molecule has 1 aliphatic rings. The van der Waals surface area contributed by atoms with E-state index in [1.807, 2.05) is 0 Å². The minimum absolute atomic E-state index is 0.167. The van der Waals surface area contributed by atoms with Crippen LogP contribution < -0.4 is 5.73 Å². The van der Waals surface area contributed by atoms with Crippen LogP contribution >= 0.6 is 0 Å². The van der Waals surface area contributed by atoms with Crippen LogP contribution in [0.3, 0.4) is 0 Å². The van der Waals surface area contributed by atoms with E-state index in [1.165, 1.54) is 0 Å². The summed E-state index contributed by atoms with van der Waals surface area (Å²) >= 11 is 0. The Hall–Kier alpha value is -0.840. The average Bonchev–Trinajstić information content (AvgIpc) is 2.18. The summed E-state index contributed by atoms with van der Waals surface area (Å²) in [4.78, 5) is 2.06. The van der Waals surface area contributed by atoms with Gasteiger partial charge in [0.1, 0.15) is 12.5 Å². The molecule has 3 N–H and O–H groups in total. The van der Waals surface area contributed by atoms with Gasteiger partial charge in [0.05, 0.1) is 0 Å². The van der Waals surface area contributed by atoms with Crippen molar-refractivity contribution < 1.29 is 9.60 Å². The third kappa shape index (κ3) is 2.84. The van der Waals surface area contributed by atoms with Gasteiger partial charge in [-0.25, -0.2) is 4.39 Å². The molecule has 76 valence electrons. The number of nitrogens with zero attached hydrogens (tertiary/aromatic N) is 2. The van der Waals surface area contributed by atoms with Crippen LogP contribution in [0.25, 0.3) is 0 Å². The third-order valence-electron chi connectivity index (χ3n) is 2.52. The van der Waals surface area contributed by atoms with Gasteiger partial charge in [-0.2, -0.15) is 0 Å². The van der Waals surface area contributed by atoms with E-state index in [-0.39, 0.29) is 12.6 Å². The fourth-order valence-electron chi connectivity index (χ4n) is 1.65. The van der Waals surface area contributed by atoms with Crippen molar-refractivity contribution in [3.63, 3.8) is 0 Å². The maximum Gasteiger partial charge on any atom is 0.142 e. The van der Waals surface area contributed by atoms with E-state index in [1.54, 1.807) is 0 Å². The second-order valence-electron chi connectivity index (χ2n) is 3.33. The van der Waals surface area contributed by atoms with E-state index >= 15 is 0 Å². The lowest BCUT2D eigenvalue weighted by Crippen LogP contribution is -2.39. The first-order valence-electron chi connectivity index (χ1n) is 4.53. The smallest absolute Gasteiger partial charge is 0.142 e. The lowest BCUT2D eigenvalue weighted by atomic mass is 9.96. The SMILES string of the molecule is NC(=NO)C1CCN(CCF)CC1. The molecule has 0 atom stereocenters. The number of nitrogens with two attached hydrogens (primary N) is 1. The van der Waals surface area contributed by atoms with Crippen molar-refractivity contribution in [2.75, 3.05) is 26.3 Å². The number of alkyl halides is 1. The summed E-state index contributed by atoms with van der Waals surface area (Å²) in [6, 6.07) is 0. The Morgan fingerprint density at radius 2 is 2.15 bits per heavy atom. The first-order chi connectivity index (χ1) is 6.27. The molecule has 0 unspecified atom stereocenters. The van der Waals surface area contributed by atoms with Crippen molar-refractivity contribution in [3.8, 4) is 0 Å². The maximum absolute atomic E-state index is 12.0. The number of amidine groups is 1. The Kier molecular flexibility index (Phi) is 3.95. The van der Waals surface area contributed by atoms with Gasteiger partial charge in [0.15, 0.2) is 0 Å². The highest BCUT2D eigenvalue weighted by Crippen LogP contribution is 2.16. The van der Waals surface area contributed by atoms with E-state index in [0.717, 1.165) is 25.9 Å². The van der Waals surface area contributed by atoms with Crippen LogP contribution in [0.15, 0.2) is 5.16 Å². The lowest BCUT2D eigenvalue weighted by Gasteiger charge is -2.30. The summed E-state index contributed by atoms with van der Waals surface area (Å²) in [5, 5.41) is 11.4. The predicted octanol–water partition coefficient (Wildman–Crippen LogP) is 0.414. The summed E-state index contributed by atoms with van der Waals surface area (Å²) in [6.45, 7) is 1.88. The van der Waals surface area contributed by atoms with Crippen LogP contribution in [0.1, 0.15) is 12.8 Å². The van der Waals surface area contributed by atoms with E-state index < -0.39 is 0 Å². The van der Waals surface area contributed by atoms with Gasteiger partial charge in [-0.15, -0.1) is 0 Å².